The van der Waals surface area contributed by atoms with E-state index in [-0.39, 0.29) is 37.1 Å². The zero-order chi connectivity index (χ0) is 19.6. The Bertz CT molecular complexity index is 382. The topological polar surface area (TPSA) is 74.2 Å². The highest BCUT2D eigenvalue weighted by molar-refractivity contribution is 6.62. The Morgan fingerprint density at radius 2 is 1.44 bits per heavy atom. The number of carbonyl (C=O) groups is 1. The maximum absolute atomic E-state index is 11.5. The third-order valence-electron chi connectivity index (χ3n) is 3.20. The molecule has 25 heavy (non-hydrogen) atoms. The van der Waals surface area contributed by atoms with Gasteiger partial charge in [0.15, 0.2) is 0 Å². The zero-order valence-electron chi connectivity index (χ0n) is 16.8. The molecule has 148 valence electrons. The summed E-state index contributed by atoms with van der Waals surface area (Å²) in [6.07, 6.45) is 0.917. The summed E-state index contributed by atoms with van der Waals surface area (Å²) in [5.74, 6) is -0.403. The lowest BCUT2D eigenvalue weighted by Gasteiger charge is -2.39. The maximum Gasteiger partial charge on any atom is 0.507 e. The largest absolute Gasteiger partial charge is 0.507 e. The van der Waals surface area contributed by atoms with Gasteiger partial charge in [-0.2, -0.15) is 0 Å². The maximum atomic E-state index is 11.5. The van der Waals surface area contributed by atoms with Gasteiger partial charge in [-0.1, -0.05) is 6.58 Å². The Balaban J connectivity index is 5.11. The fraction of sp³-hybridized carbons (Fsp3) is 0.833. The van der Waals surface area contributed by atoms with E-state index < -0.39 is 14.8 Å². The molecule has 1 unspecified atom stereocenters. The second kappa shape index (κ2) is 11.8. The summed E-state index contributed by atoms with van der Waals surface area (Å²) in [4.78, 5) is 11.5. The van der Waals surface area contributed by atoms with Crippen LogP contribution in [-0.4, -0.2) is 51.4 Å². The van der Waals surface area contributed by atoms with Gasteiger partial charge in [0.1, 0.15) is 0 Å². The van der Waals surface area contributed by atoms with Gasteiger partial charge in [0.25, 0.3) is 0 Å². The van der Waals surface area contributed by atoms with Crippen LogP contribution in [0.4, 0.5) is 0 Å². The standard InChI is InChI=1S/C18H36O6Si/c1-13(2)18(20)21-11-9-10-17(12-19)25(22-14(3)4,23-15(5)6)24-16(7)8/h14-17,19H,1,9-12H2,2-8H3. The summed E-state index contributed by atoms with van der Waals surface area (Å²) >= 11 is 0. The van der Waals surface area contributed by atoms with E-state index in [1.54, 1.807) is 6.92 Å². The van der Waals surface area contributed by atoms with E-state index in [1.807, 2.05) is 41.5 Å². The first-order valence-corrected chi connectivity index (χ1v) is 10.8. The first-order valence-electron chi connectivity index (χ1n) is 9.01. The van der Waals surface area contributed by atoms with Crippen LogP contribution in [0.5, 0.6) is 0 Å². The number of esters is 1. The number of hydrogen-bond donors (Lipinski definition) is 1. The summed E-state index contributed by atoms with van der Waals surface area (Å²) in [6, 6.07) is 0. The minimum atomic E-state index is -3.12. The van der Waals surface area contributed by atoms with Crippen LogP contribution in [0.2, 0.25) is 5.54 Å². The first-order chi connectivity index (χ1) is 11.5. The van der Waals surface area contributed by atoms with E-state index in [0.717, 1.165) is 0 Å². The summed E-state index contributed by atoms with van der Waals surface area (Å²) in [5, 5.41) is 9.97. The van der Waals surface area contributed by atoms with Gasteiger partial charge in [0.05, 0.1) is 18.8 Å². The van der Waals surface area contributed by atoms with Crippen LogP contribution < -0.4 is 0 Å². The molecule has 0 aromatic carbocycles. The van der Waals surface area contributed by atoms with Crippen molar-refractivity contribution in [1.29, 1.82) is 0 Å². The van der Waals surface area contributed by atoms with Crippen molar-refractivity contribution < 1.29 is 27.9 Å². The average molecular weight is 377 g/mol. The fourth-order valence-corrected chi connectivity index (χ4v) is 5.85. The minimum Gasteiger partial charge on any atom is -0.462 e. The summed E-state index contributed by atoms with van der Waals surface area (Å²) in [5.41, 5.74) is 0.0973. The molecule has 1 N–H and O–H groups in total. The highest BCUT2D eigenvalue weighted by Crippen LogP contribution is 2.33. The number of aliphatic hydroxyl groups excluding tert-OH is 1. The van der Waals surface area contributed by atoms with Crippen LogP contribution in [-0.2, 0) is 22.8 Å². The molecule has 0 aromatic heterocycles. The van der Waals surface area contributed by atoms with Crippen LogP contribution in [0.25, 0.3) is 0 Å². The van der Waals surface area contributed by atoms with Crippen LogP contribution in [0, 0.1) is 0 Å². The van der Waals surface area contributed by atoms with Crippen molar-refractivity contribution in [3.05, 3.63) is 12.2 Å². The molecule has 0 radical (unpaired) electrons. The van der Waals surface area contributed by atoms with Crippen molar-refractivity contribution in [2.45, 2.75) is 85.2 Å². The second-order valence-corrected chi connectivity index (χ2v) is 9.77. The highest BCUT2D eigenvalue weighted by atomic mass is 28.4. The lowest BCUT2D eigenvalue weighted by Crippen LogP contribution is -2.55. The SMILES string of the molecule is C=C(C)C(=O)OCCCC(CO)[Si](OC(C)C)(OC(C)C)OC(C)C. The van der Waals surface area contributed by atoms with Gasteiger partial charge in [-0.25, -0.2) is 4.79 Å². The lowest BCUT2D eigenvalue weighted by molar-refractivity contribution is -0.139. The molecule has 7 heteroatoms. The molecule has 1 atom stereocenters. The number of carbonyl (C=O) groups excluding carboxylic acids is 1. The summed E-state index contributed by atoms with van der Waals surface area (Å²) in [7, 11) is -3.12. The van der Waals surface area contributed by atoms with E-state index in [1.165, 1.54) is 0 Å². The fourth-order valence-electron chi connectivity index (χ4n) is 2.36. The molecule has 0 fully saturated rings. The molecule has 0 amide bonds. The summed E-state index contributed by atoms with van der Waals surface area (Å²) < 4.78 is 23.6. The van der Waals surface area contributed by atoms with Gasteiger partial charge in [0.2, 0.25) is 0 Å². The monoisotopic (exact) mass is 376 g/mol. The number of ether oxygens (including phenoxy) is 1. The quantitative estimate of drug-likeness (QED) is 0.230. The van der Waals surface area contributed by atoms with Crippen LogP contribution >= 0.6 is 0 Å². The van der Waals surface area contributed by atoms with Gasteiger partial charge in [-0.05, 0) is 61.3 Å². The van der Waals surface area contributed by atoms with Crippen molar-refractivity contribution in [2.24, 2.45) is 0 Å². The highest BCUT2D eigenvalue weighted by Gasteiger charge is 2.51. The lowest BCUT2D eigenvalue weighted by atomic mass is 10.2. The third-order valence-corrected chi connectivity index (χ3v) is 7.07. The molecule has 0 saturated heterocycles. The van der Waals surface area contributed by atoms with Crippen LogP contribution in [0.3, 0.4) is 0 Å². The van der Waals surface area contributed by atoms with Crippen LogP contribution in [0.15, 0.2) is 12.2 Å². The minimum absolute atomic E-state index is 0.0838. The Morgan fingerprint density at radius 1 is 1.00 bits per heavy atom. The van der Waals surface area contributed by atoms with E-state index in [4.69, 9.17) is 18.0 Å². The Morgan fingerprint density at radius 3 is 1.76 bits per heavy atom. The van der Waals surface area contributed by atoms with Gasteiger partial charge in [0, 0.05) is 23.9 Å². The predicted octanol–water partition coefficient (Wildman–Crippen LogP) is 3.46. The van der Waals surface area contributed by atoms with Crippen molar-refractivity contribution in [3.8, 4) is 0 Å². The number of rotatable bonds is 13. The summed E-state index contributed by atoms with van der Waals surface area (Å²) in [6.45, 7) is 16.9. The van der Waals surface area contributed by atoms with Gasteiger partial charge in [-0.15, -0.1) is 0 Å². The smallest absolute Gasteiger partial charge is 0.462 e. The average Bonchev–Trinajstić information content (AvgIpc) is 2.44. The predicted molar refractivity (Wildman–Crippen MR) is 100 cm³/mol. The Labute approximate surface area is 153 Å². The molecule has 0 saturated carbocycles. The first kappa shape index (κ1) is 24.3. The number of hydrogen-bond acceptors (Lipinski definition) is 6. The molecular weight excluding hydrogens is 340 g/mol. The number of aliphatic hydroxyl groups is 1. The van der Waals surface area contributed by atoms with E-state index in [0.29, 0.717) is 18.4 Å². The zero-order valence-corrected chi connectivity index (χ0v) is 17.8. The molecule has 0 aliphatic carbocycles. The molecule has 6 nitrogen and oxygen atoms in total. The normalized spacial score (nSPS) is 13.6. The van der Waals surface area contributed by atoms with Gasteiger partial charge < -0.3 is 23.1 Å². The molecule has 0 aliphatic rings. The molecule has 0 aliphatic heterocycles. The molecular formula is C18H36O6Si. The molecule has 0 rings (SSSR count). The van der Waals surface area contributed by atoms with Crippen molar-refractivity contribution >= 4 is 14.8 Å². The van der Waals surface area contributed by atoms with E-state index in [9.17, 15) is 9.90 Å². The van der Waals surface area contributed by atoms with Gasteiger partial charge >= 0.3 is 14.8 Å². The molecule has 0 spiro atoms. The molecule has 0 heterocycles. The Kier molecular flexibility index (Phi) is 11.5. The molecule has 0 aromatic rings. The Hall–Kier alpha value is -0.733. The van der Waals surface area contributed by atoms with Crippen molar-refractivity contribution in [3.63, 3.8) is 0 Å². The van der Waals surface area contributed by atoms with Gasteiger partial charge in [-0.3, -0.25) is 0 Å². The van der Waals surface area contributed by atoms with E-state index in [2.05, 4.69) is 6.58 Å². The second-order valence-electron chi connectivity index (χ2n) is 7.04. The van der Waals surface area contributed by atoms with E-state index >= 15 is 0 Å². The van der Waals surface area contributed by atoms with Crippen molar-refractivity contribution in [1.82, 2.24) is 0 Å². The van der Waals surface area contributed by atoms with Crippen LogP contribution in [0.1, 0.15) is 61.3 Å². The molecule has 0 bridgehead atoms. The van der Waals surface area contributed by atoms with Crippen molar-refractivity contribution in [2.75, 3.05) is 13.2 Å². The third kappa shape index (κ3) is 9.51.